The zero-order valence-electron chi connectivity index (χ0n) is 11.2. The summed E-state index contributed by atoms with van der Waals surface area (Å²) in [7, 11) is 0. The molecule has 3 nitrogen and oxygen atoms in total. The van der Waals surface area contributed by atoms with E-state index in [1.807, 2.05) is 0 Å². The van der Waals surface area contributed by atoms with E-state index in [2.05, 4.69) is 0 Å². The van der Waals surface area contributed by atoms with E-state index in [-0.39, 0.29) is 17.0 Å². The third-order valence-corrected chi connectivity index (χ3v) is 3.37. The minimum Gasteiger partial charge on any atom is -0.396 e. The minimum absolute atomic E-state index is 0.110. The third-order valence-electron chi connectivity index (χ3n) is 3.37. The molecule has 2 aromatic rings. The Balaban J connectivity index is 2.65. The van der Waals surface area contributed by atoms with E-state index in [0.717, 1.165) is 5.56 Å². The molecule has 0 saturated heterocycles. The molecule has 0 aliphatic rings. The molecule has 0 amide bonds. The van der Waals surface area contributed by atoms with Crippen LogP contribution in [0.25, 0.3) is 0 Å². The van der Waals surface area contributed by atoms with E-state index in [1.54, 1.807) is 26.0 Å². The molecule has 2 N–H and O–H groups in total. The molecule has 0 saturated carbocycles. The number of carbonyl (C=O) groups excluding carboxylic acids is 2. The van der Waals surface area contributed by atoms with Gasteiger partial charge >= 0.3 is 0 Å². The van der Waals surface area contributed by atoms with Crippen molar-refractivity contribution >= 4 is 17.8 Å². The Bertz CT molecular complexity index is 708. The molecule has 0 radical (unpaired) electrons. The summed E-state index contributed by atoms with van der Waals surface area (Å²) in [5, 5.41) is 0. The largest absolute Gasteiger partial charge is 0.396 e. The zero-order chi connectivity index (χ0) is 14.9. The molecule has 0 spiro atoms. The molecule has 2 aromatic carbocycles. The molecule has 0 aliphatic carbocycles. The number of aryl methyl sites for hydroxylation is 1. The number of aldehydes is 1. The van der Waals surface area contributed by atoms with E-state index >= 15 is 0 Å². The Kier molecular flexibility index (Phi) is 3.66. The van der Waals surface area contributed by atoms with Gasteiger partial charge in [0.25, 0.3) is 0 Å². The maximum absolute atomic E-state index is 13.5. The highest BCUT2D eigenvalue weighted by molar-refractivity contribution is 6.14. The first-order chi connectivity index (χ1) is 9.47. The molecule has 0 atom stereocenters. The van der Waals surface area contributed by atoms with Crippen molar-refractivity contribution in [3.05, 3.63) is 64.0 Å². The first-order valence-electron chi connectivity index (χ1n) is 6.11. The summed E-state index contributed by atoms with van der Waals surface area (Å²) < 4.78 is 13.5. The third kappa shape index (κ3) is 2.20. The molecular weight excluding hydrogens is 257 g/mol. The molecule has 0 unspecified atom stereocenters. The summed E-state index contributed by atoms with van der Waals surface area (Å²) in [6.45, 7) is 3.46. The van der Waals surface area contributed by atoms with Crippen LogP contribution in [0.4, 0.5) is 10.1 Å². The van der Waals surface area contributed by atoms with E-state index < -0.39 is 5.82 Å². The summed E-state index contributed by atoms with van der Waals surface area (Å²) in [6.07, 6.45) is 0.695. The topological polar surface area (TPSA) is 60.2 Å². The number of anilines is 1. The van der Waals surface area contributed by atoms with Crippen LogP contribution in [0, 0.1) is 19.7 Å². The Morgan fingerprint density at radius 1 is 1.20 bits per heavy atom. The van der Waals surface area contributed by atoms with Gasteiger partial charge in [0.2, 0.25) is 0 Å². The second kappa shape index (κ2) is 5.25. The Hall–Kier alpha value is -2.49. The lowest BCUT2D eigenvalue weighted by atomic mass is 9.91. The van der Waals surface area contributed by atoms with Crippen molar-refractivity contribution < 1.29 is 14.0 Å². The fourth-order valence-electron chi connectivity index (χ4n) is 2.21. The Morgan fingerprint density at radius 3 is 2.55 bits per heavy atom. The van der Waals surface area contributed by atoms with Crippen LogP contribution in [-0.4, -0.2) is 12.1 Å². The average molecular weight is 271 g/mol. The normalized spacial score (nSPS) is 10.3. The lowest BCUT2D eigenvalue weighted by Gasteiger charge is -2.12. The fraction of sp³-hybridized carbons (Fsp3) is 0.125. The number of carbonyl (C=O) groups is 2. The molecule has 0 aliphatic heterocycles. The summed E-state index contributed by atoms with van der Waals surface area (Å²) in [4.78, 5) is 23.5. The molecule has 20 heavy (non-hydrogen) atoms. The molecular formula is C16H14FNO2. The number of benzene rings is 2. The molecule has 4 heteroatoms. The van der Waals surface area contributed by atoms with Gasteiger partial charge in [-0.05, 0) is 37.1 Å². The molecule has 0 heterocycles. The lowest BCUT2D eigenvalue weighted by molar-refractivity contribution is 0.103. The van der Waals surface area contributed by atoms with Crippen LogP contribution in [0.1, 0.15) is 37.4 Å². The van der Waals surface area contributed by atoms with Gasteiger partial charge in [0, 0.05) is 16.7 Å². The first kappa shape index (κ1) is 13.9. The van der Waals surface area contributed by atoms with E-state index in [0.29, 0.717) is 23.0 Å². The summed E-state index contributed by atoms with van der Waals surface area (Å²) in [5.41, 5.74) is 7.70. The Labute approximate surface area is 116 Å². The van der Waals surface area contributed by atoms with Gasteiger partial charge in [0.15, 0.2) is 5.78 Å². The predicted octanol–water partition coefficient (Wildman–Crippen LogP) is 3.07. The van der Waals surface area contributed by atoms with E-state index in [4.69, 9.17) is 5.73 Å². The molecule has 0 fully saturated rings. The number of rotatable bonds is 3. The lowest BCUT2D eigenvalue weighted by Crippen LogP contribution is -2.11. The molecule has 2 rings (SSSR count). The van der Waals surface area contributed by atoms with Gasteiger partial charge in [-0.25, -0.2) is 4.39 Å². The number of nitrogen functional groups attached to an aromatic ring is 1. The number of halogens is 1. The SMILES string of the molecule is Cc1ccc(C=O)c(C)c1C(=O)c1cccc(F)c1N. The van der Waals surface area contributed by atoms with Crippen LogP contribution in [0.5, 0.6) is 0 Å². The minimum atomic E-state index is -0.627. The van der Waals surface area contributed by atoms with Crippen molar-refractivity contribution in [1.29, 1.82) is 0 Å². The molecule has 0 aromatic heterocycles. The fourth-order valence-corrected chi connectivity index (χ4v) is 2.21. The highest BCUT2D eigenvalue weighted by atomic mass is 19.1. The van der Waals surface area contributed by atoms with E-state index in [1.165, 1.54) is 18.2 Å². The monoisotopic (exact) mass is 271 g/mol. The van der Waals surface area contributed by atoms with Crippen LogP contribution in [0.3, 0.4) is 0 Å². The van der Waals surface area contributed by atoms with Crippen molar-refractivity contribution in [2.75, 3.05) is 5.73 Å². The number of nitrogens with two attached hydrogens (primary N) is 1. The van der Waals surface area contributed by atoms with Gasteiger partial charge in [-0.1, -0.05) is 18.2 Å². The van der Waals surface area contributed by atoms with Crippen molar-refractivity contribution in [2.45, 2.75) is 13.8 Å². The smallest absolute Gasteiger partial charge is 0.195 e. The second-order valence-electron chi connectivity index (χ2n) is 4.62. The van der Waals surface area contributed by atoms with E-state index in [9.17, 15) is 14.0 Å². The van der Waals surface area contributed by atoms with Crippen LogP contribution in [0.15, 0.2) is 30.3 Å². The van der Waals surface area contributed by atoms with Crippen LogP contribution in [-0.2, 0) is 0 Å². The maximum Gasteiger partial charge on any atom is 0.195 e. The average Bonchev–Trinajstić information content (AvgIpc) is 2.42. The summed E-state index contributed by atoms with van der Waals surface area (Å²) >= 11 is 0. The maximum atomic E-state index is 13.5. The summed E-state index contributed by atoms with van der Waals surface area (Å²) in [6, 6.07) is 7.47. The van der Waals surface area contributed by atoms with Crippen molar-refractivity contribution in [2.24, 2.45) is 0 Å². The van der Waals surface area contributed by atoms with Crippen LogP contribution >= 0.6 is 0 Å². The number of hydrogen-bond donors (Lipinski definition) is 1. The van der Waals surface area contributed by atoms with Crippen molar-refractivity contribution in [1.82, 2.24) is 0 Å². The van der Waals surface area contributed by atoms with Gasteiger partial charge in [0.1, 0.15) is 12.1 Å². The van der Waals surface area contributed by atoms with Crippen molar-refractivity contribution in [3.63, 3.8) is 0 Å². The quantitative estimate of drug-likeness (QED) is 0.530. The highest BCUT2D eigenvalue weighted by Gasteiger charge is 2.19. The predicted molar refractivity (Wildman–Crippen MR) is 75.5 cm³/mol. The van der Waals surface area contributed by atoms with Crippen molar-refractivity contribution in [3.8, 4) is 0 Å². The first-order valence-corrected chi connectivity index (χ1v) is 6.11. The number of ketones is 1. The van der Waals surface area contributed by atoms with Crippen LogP contribution < -0.4 is 5.73 Å². The standard InChI is InChI=1S/C16H14FNO2/c1-9-6-7-11(8-19)10(2)14(9)16(20)12-4-3-5-13(17)15(12)18/h3-8H,18H2,1-2H3. The summed E-state index contributed by atoms with van der Waals surface area (Å²) in [5.74, 6) is -1.00. The van der Waals surface area contributed by atoms with Gasteiger partial charge in [0.05, 0.1) is 5.69 Å². The second-order valence-corrected chi connectivity index (χ2v) is 4.62. The Morgan fingerprint density at radius 2 is 1.90 bits per heavy atom. The number of hydrogen-bond acceptors (Lipinski definition) is 3. The van der Waals surface area contributed by atoms with Crippen LogP contribution in [0.2, 0.25) is 0 Å². The highest BCUT2D eigenvalue weighted by Crippen LogP contribution is 2.24. The zero-order valence-corrected chi connectivity index (χ0v) is 11.2. The molecule has 0 bridgehead atoms. The van der Waals surface area contributed by atoms with Gasteiger partial charge in [-0.3, -0.25) is 9.59 Å². The van der Waals surface area contributed by atoms with Gasteiger partial charge < -0.3 is 5.73 Å². The van der Waals surface area contributed by atoms with Gasteiger partial charge in [-0.2, -0.15) is 0 Å². The molecule has 102 valence electrons. The number of para-hydroxylation sites is 1. The van der Waals surface area contributed by atoms with Gasteiger partial charge in [-0.15, -0.1) is 0 Å².